The second kappa shape index (κ2) is 2.75. The van der Waals surface area contributed by atoms with Crippen molar-refractivity contribution in [3.63, 3.8) is 0 Å². The molecule has 3 heteroatoms. The van der Waals surface area contributed by atoms with E-state index in [1.165, 1.54) is 0 Å². The van der Waals surface area contributed by atoms with Crippen molar-refractivity contribution in [2.45, 2.75) is 45.6 Å². The Bertz CT molecular complexity index is 258. The van der Waals surface area contributed by atoms with Gasteiger partial charge >= 0.3 is 5.97 Å². The van der Waals surface area contributed by atoms with E-state index in [0.717, 1.165) is 24.6 Å². The first-order chi connectivity index (χ1) is 6.31. The molecule has 0 aromatic rings. The number of ether oxygens (including phenoxy) is 1. The van der Waals surface area contributed by atoms with E-state index in [0.29, 0.717) is 5.41 Å². The molecule has 80 valence electrons. The third-order valence-electron chi connectivity index (χ3n) is 3.26. The van der Waals surface area contributed by atoms with E-state index in [4.69, 9.17) is 4.74 Å². The zero-order chi connectivity index (χ0) is 10.6. The van der Waals surface area contributed by atoms with E-state index in [1.54, 1.807) is 0 Å². The highest BCUT2D eigenvalue weighted by Gasteiger charge is 2.71. The number of rotatable bonds is 2. The van der Waals surface area contributed by atoms with E-state index in [-0.39, 0.29) is 17.0 Å². The lowest BCUT2D eigenvalue weighted by molar-refractivity contribution is -0.227. The van der Waals surface area contributed by atoms with Crippen LogP contribution in [0, 0.1) is 10.8 Å². The fourth-order valence-electron chi connectivity index (χ4n) is 2.74. The first kappa shape index (κ1) is 10.5. The predicted octanol–water partition coefficient (Wildman–Crippen LogP) is 2.89. The average molecular weight is 261 g/mol. The summed E-state index contributed by atoms with van der Waals surface area (Å²) in [5, 5.41) is 1.03. The molecule has 0 unspecified atom stereocenters. The fourth-order valence-corrected chi connectivity index (χ4v) is 3.34. The Hall–Kier alpha value is -0.0500. The zero-order valence-electron chi connectivity index (χ0n) is 9.02. The normalized spacial score (nSPS) is 39.7. The average Bonchev–Trinajstić information content (AvgIpc) is 1.76. The largest absolute Gasteiger partial charge is 0.460 e. The Balaban J connectivity index is 1.91. The molecule has 0 radical (unpaired) electrons. The number of esters is 1. The first-order valence-corrected chi connectivity index (χ1v) is 6.23. The molecule has 0 N–H and O–H groups in total. The van der Waals surface area contributed by atoms with Crippen molar-refractivity contribution in [2.75, 3.05) is 5.33 Å². The van der Waals surface area contributed by atoms with Gasteiger partial charge in [-0.2, -0.15) is 0 Å². The Morgan fingerprint density at radius 3 is 2.21 bits per heavy atom. The topological polar surface area (TPSA) is 26.3 Å². The highest BCUT2D eigenvalue weighted by molar-refractivity contribution is 9.09. The molecule has 3 rings (SSSR count). The summed E-state index contributed by atoms with van der Waals surface area (Å²) in [6.07, 6.45) is 3.08. The van der Waals surface area contributed by atoms with Crippen molar-refractivity contribution in [3.8, 4) is 0 Å². The van der Waals surface area contributed by atoms with Crippen LogP contribution in [-0.2, 0) is 9.53 Å². The molecule has 2 bridgehead atoms. The van der Waals surface area contributed by atoms with Gasteiger partial charge < -0.3 is 4.74 Å². The Kier molecular flexibility index (Phi) is 2.05. The second-order valence-electron chi connectivity index (χ2n) is 5.95. The molecular weight excluding hydrogens is 244 g/mol. The molecule has 3 fully saturated rings. The fraction of sp³-hybridized carbons (Fsp3) is 0.909. The summed E-state index contributed by atoms with van der Waals surface area (Å²) in [4.78, 5) is 11.8. The minimum absolute atomic E-state index is 0.0211. The van der Waals surface area contributed by atoms with Crippen LogP contribution in [0.2, 0.25) is 0 Å². The lowest BCUT2D eigenvalue weighted by Crippen LogP contribution is -2.67. The molecule has 0 amide bonds. The molecule has 14 heavy (non-hydrogen) atoms. The summed E-state index contributed by atoms with van der Waals surface area (Å²) in [6.45, 7) is 5.78. The highest BCUT2D eigenvalue weighted by atomic mass is 79.9. The van der Waals surface area contributed by atoms with E-state index in [9.17, 15) is 4.79 Å². The second-order valence-corrected chi connectivity index (χ2v) is 6.51. The standard InChI is InChI=1S/C11H17BrO2/c1-9(2,3)14-8(13)11-4-10(5-11,6-11)7-12/h4-7H2,1-3H3. The highest BCUT2D eigenvalue weighted by Crippen LogP contribution is 2.74. The lowest BCUT2D eigenvalue weighted by atomic mass is 9.36. The van der Waals surface area contributed by atoms with E-state index in [1.807, 2.05) is 20.8 Å². The van der Waals surface area contributed by atoms with Gasteiger partial charge in [0.15, 0.2) is 0 Å². The smallest absolute Gasteiger partial charge is 0.312 e. The van der Waals surface area contributed by atoms with E-state index >= 15 is 0 Å². The van der Waals surface area contributed by atoms with Gasteiger partial charge in [0, 0.05) is 5.33 Å². The van der Waals surface area contributed by atoms with Crippen LogP contribution in [-0.4, -0.2) is 16.9 Å². The quantitative estimate of drug-likeness (QED) is 0.564. The lowest BCUT2D eigenvalue weighted by Gasteiger charge is -2.68. The third kappa shape index (κ3) is 1.40. The summed E-state index contributed by atoms with van der Waals surface area (Å²) >= 11 is 3.50. The van der Waals surface area contributed by atoms with Gasteiger partial charge in [-0.1, -0.05) is 15.9 Å². The SMILES string of the molecule is CC(C)(C)OC(=O)C12CC(CBr)(C1)C2. The number of carbonyl (C=O) groups is 1. The van der Waals surface area contributed by atoms with Crippen LogP contribution in [0.5, 0.6) is 0 Å². The van der Waals surface area contributed by atoms with Crippen LogP contribution >= 0.6 is 15.9 Å². The van der Waals surface area contributed by atoms with Gasteiger partial charge in [0.25, 0.3) is 0 Å². The maximum atomic E-state index is 11.8. The summed E-state index contributed by atoms with van der Waals surface area (Å²) in [5.41, 5.74) is 0.00598. The predicted molar refractivity (Wildman–Crippen MR) is 58.4 cm³/mol. The minimum Gasteiger partial charge on any atom is -0.460 e. The van der Waals surface area contributed by atoms with Gasteiger partial charge in [0.2, 0.25) is 0 Å². The van der Waals surface area contributed by atoms with Crippen molar-refractivity contribution < 1.29 is 9.53 Å². The molecule has 2 nitrogen and oxygen atoms in total. The zero-order valence-corrected chi connectivity index (χ0v) is 10.6. The summed E-state index contributed by atoms with van der Waals surface area (Å²) < 4.78 is 5.42. The Morgan fingerprint density at radius 1 is 1.36 bits per heavy atom. The van der Waals surface area contributed by atoms with Gasteiger partial charge in [-0.05, 0) is 45.4 Å². The molecule has 0 saturated heterocycles. The van der Waals surface area contributed by atoms with E-state index < -0.39 is 0 Å². The van der Waals surface area contributed by atoms with E-state index in [2.05, 4.69) is 15.9 Å². The van der Waals surface area contributed by atoms with Gasteiger partial charge in [0.05, 0.1) is 5.41 Å². The van der Waals surface area contributed by atoms with Crippen LogP contribution < -0.4 is 0 Å². The summed E-state index contributed by atoms with van der Waals surface area (Å²) in [7, 11) is 0. The van der Waals surface area contributed by atoms with Crippen molar-refractivity contribution in [2.24, 2.45) is 10.8 Å². The number of alkyl halides is 1. The number of carbonyl (C=O) groups excluding carboxylic acids is 1. The third-order valence-corrected chi connectivity index (χ3v) is 4.45. The molecule has 3 aliphatic rings. The van der Waals surface area contributed by atoms with Crippen molar-refractivity contribution in [1.29, 1.82) is 0 Å². The Labute approximate surface area is 93.5 Å². The molecule has 3 aliphatic carbocycles. The van der Waals surface area contributed by atoms with Crippen molar-refractivity contribution >= 4 is 21.9 Å². The molecule has 0 heterocycles. The summed E-state index contributed by atoms with van der Waals surface area (Å²) in [5.74, 6) is 0.0211. The molecule has 3 saturated carbocycles. The maximum absolute atomic E-state index is 11.8. The molecular formula is C11H17BrO2. The molecule has 0 aromatic carbocycles. The van der Waals surface area contributed by atoms with Crippen LogP contribution in [0.3, 0.4) is 0 Å². The number of hydrogen-bond donors (Lipinski definition) is 0. The first-order valence-electron chi connectivity index (χ1n) is 5.10. The van der Waals surface area contributed by atoms with Crippen LogP contribution in [0.15, 0.2) is 0 Å². The number of hydrogen-bond acceptors (Lipinski definition) is 2. The maximum Gasteiger partial charge on any atom is 0.312 e. The summed E-state index contributed by atoms with van der Waals surface area (Å²) in [6, 6.07) is 0. The number of halogens is 1. The molecule has 0 aromatic heterocycles. The van der Waals surface area contributed by atoms with Gasteiger partial charge in [-0.25, -0.2) is 0 Å². The van der Waals surface area contributed by atoms with Crippen LogP contribution in [0.4, 0.5) is 0 Å². The van der Waals surface area contributed by atoms with Crippen molar-refractivity contribution in [3.05, 3.63) is 0 Å². The van der Waals surface area contributed by atoms with Crippen molar-refractivity contribution in [1.82, 2.24) is 0 Å². The van der Waals surface area contributed by atoms with Crippen LogP contribution in [0.25, 0.3) is 0 Å². The monoisotopic (exact) mass is 260 g/mol. The molecule has 0 aliphatic heterocycles. The van der Waals surface area contributed by atoms with Gasteiger partial charge in [-0.15, -0.1) is 0 Å². The van der Waals surface area contributed by atoms with Crippen LogP contribution in [0.1, 0.15) is 40.0 Å². The van der Waals surface area contributed by atoms with Gasteiger partial charge in [0.1, 0.15) is 5.60 Å². The Morgan fingerprint density at radius 2 is 1.86 bits per heavy atom. The van der Waals surface area contributed by atoms with Gasteiger partial charge in [-0.3, -0.25) is 4.79 Å². The minimum atomic E-state index is -0.339. The molecule has 0 atom stereocenters. The molecule has 0 spiro atoms.